The second-order valence-electron chi connectivity index (χ2n) is 5.24. The largest absolute Gasteiger partial charge is 0.444 e. The molecular formula is C19H19BrN2O4. The minimum absolute atomic E-state index is 0.0278. The van der Waals surface area contributed by atoms with Gasteiger partial charge in [0.15, 0.2) is 10.4 Å². The van der Waals surface area contributed by atoms with Crippen LogP contribution in [0.2, 0.25) is 0 Å². The van der Waals surface area contributed by atoms with Gasteiger partial charge in [-0.3, -0.25) is 9.59 Å². The number of allylic oxidation sites excluding steroid dienone is 2. The van der Waals surface area contributed by atoms with Gasteiger partial charge in [-0.15, -0.1) is 0 Å². The number of hydrogen-bond donors (Lipinski definition) is 3. The zero-order valence-electron chi connectivity index (χ0n) is 13.9. The Hall–Kier alpha value is -2.64. The van der Waals surface area contributed by atoms with Crippen LogP contribution in [0.25, 0.3) is 6.08 Å². The highest BCUT2D eigenvalue weighted by Gasteiger charge is 2.16. The lowest BCUT2D eigenvalue weighted by molar-refractivity contribution is -0.117. The Balaban J connectivity index is 2.12. The zero-order valence-corrected chi connectivity index (χ0v) is 15.5. The minimum atomic E-state index is -0.535. The molecule has 0 aliphatic carbocycles. The number of carbonyl (C=O) groups excluding carboxylic acids is 2. The Morgan fingerprint density at radius 3 is 2.58 bits per heavy atom. The lowest BCUT2D eigenvalue weighted by Crippen LogP contribution is -2.35. The van der Waals surface area contributed by atoms with Gasteiger partial charge >= 0.3 is 0 Å². The first-order valence-electron chi connectivity index (χ1n) is 7.99. The molecule has 3 N–H and O–H groups in total. The SMILES string of the molecule is O=C(NCCCO)/C(=C/C=C/c1ccccc1)NC(=O)c1ccc(Br)o1. The Bertz CT molecular complexity index is 797. The Morgan fingerprint density at radius 2 is 1.92 bits per heavy atom. The molecule has 1 aromatic carbocycles. The van der Waals surface area contributed by atoms with Gasteiger partial charge in [-0.05, 0) is 46.1 Å². The minimum Gasteiger partial charge on any atom is -0.444 e. The molecule has 0 aliphatic rings. The maximum atomic E-state index is 12.3. The number of rotatable bonds is 8. The number of halogens is 1. The normalized spacial score (nSPS) is 11.5. The van der Waals surface area contributed by atoms with Crippen molar-refractivity contribution in [1.82, 2.24) is 10.6 Å². The summed E-state index contributed by atoms with van der Waals surface area (Å²) in [7, 11) is 0. The first kappa shape index (κ1) is 19.7. The van der Waals surface area contributed by atoms with Crippen LogP contribution in [0.3, 0.4) is 0 Å². The summed E-state index contributed by atoms with van der Waals surface area (Å²) in [5.41, 5.74) is 1.04. The number of hydrogen-bond acceptors (Lipinski definition) is 4. The molecule has 0 unspecified atom stereocenters. The van der Waals surface area contributed by atoms with E-state index in [9.17, 15) is 9.59 Å². The summed E-state index contributed by atoms with van der Waals surface area (Å²) in [5, 5.41) is 14.0. The lowest BCUT2D eigenvalue weighted by atomic mass is 10.2. The van der Waals surface area contributed by atoms with E-state index < -0.39 is 11.8 Å². The molecule has 26 heavy (non-hydrogen) atoms. The van der Waals surface area contributed by atoms with Crippen molar-refractivity contribution in [3.8, 4) is 0 Å². The Kier molecular flexibility index (Phi) is 7.85. The summed E-state index contributed by atoms with van der Waals surface area (Å²) in [5.74, 6) is -0.902. The van der Waals surface area contributed by atoms with Crippen molar-refractivity contribution in [2.75, 3.05) is 13.2 Å². The van der Waals surface area contributed by atoms with E-state index in [1.807, 2.05) is 36.4 Å². The third kappa shape index (κ3) is 6.34. The Labute approximate surface area is 159 Å². The molecule has 1 aromatic heterocycles. The van der Waals surface area contributed by atoms with Crippen molar-refractivity contribution in [1.29, 1.82) is 0 Å². The van der Waals surface area contributed by atoms with Gasteiger partial charge in [0.2, 0.25) is 0 Å². The molecule has 0 radical (unpaired) electrons. The monoisotopic (exact) mass is 418 g/mol. The first-order chi connectivity index (χ1) is 12.6. The number of carbonyl (C=O) groups is 2. The number of furan rings is 1. The van der Waals surface area contributed by atoms with Crippen molar-refractivity contribution in [2.24, 2.45) is 0 Å². The molecule has 0 saturated heterocycles. The molecule has 0 aliphatic heterocycles. The zero-order chi connectivity index (χ0) is 18.8. The van der Waals surface area contributed by atoms with Gasteiger partial charge < -0.3 is 20.2 Å². The van der Waals surface area contributed by atoms with E-state index in [0.717, 1.165) is 5.56 Å². The molecular weight excluding hydrogens is 400 g/mol. The highest BCUT2D eigenvalue weighted by molar-refractivity contribution is 9.10. The van der Waals surface area contributed by atoms with E-state index in [-0.39, 0.29) is 18.1 Å². The highest BCUT2D eigenvalue weighted by atomic mass is 79.9. The average molecular weight is 419 g/mol. The molecule has 2 amide bonds. The van der Waals surface area contributed by atoms with Crippen LogP contribution in [0.15, 0.2) is 69.4 Å². The van der Waals surface area contributed by atoms with E-state index in [1.54, 1.807) is 12.1 Å². The van der Waals surface area contributed by atoms with Gasteiger partial charge in [0.1, 0.15) is 5.70 Å². The smallest absolute Gasteiger partial charge is 0.291 e. The second kappa shape index (κ2) is 10.4. The van der Waals surface area contributed by atoms with Crippen molar-refractivity contribution < 1.29 is 19.1 Å². The van der Waals surface area contributed by atoms with E-state index in [0.29, 0.717) is 17.6 Å². The number of benzene rings is 1. The van der Waals surface area contributed by atoms with Gasteiger partial charge in [-0.2, -0.15) is 0 Å². The van der Waals surface area contributed by atoms with E-state index in [2.05, 4.69) is 26.6 Å². The summed E-state index contributed by atoms with van der Waals surface area (Å²) in [6, 6.07) is 12.7. The van der Waals surface area contributed by atoms with Gasteiger partial charge in [0.25, 0.3) is 11.8 Å². The van der Waals surface area contributed by atoms with Crippen molar-refractivity contribution in [3.05, 3.63) is 76.3 Å². The molecule has 0 spiro atoms. The molecule has 2 rings (SSSR count). The lowest BCUT2D eigenvalue weighted by Gasteiger charge is -2.09. The fourth-order valence-electron chi connectivity index (χ4n) is 1.99. The molecule has 2 aromatic rings. The predicted octanol–water partition coefficient (Wildman–Crippen LogP) is 2.87. The van der Waals surface area contributed by atoms with Crippen LogP contribution in [-0.2, 0) is 4.79 Å². The van der Waals surface area contributed by atoms with Crippen LogP contribution in [0, 0.1) is 0 Å². The third-order valence-corrected chi connectivity index (χ3v) is 3.69. The standard InChI is InChI=1S/C19H19BrN2O4/c20-17-11-10-16(26-17)19(25)22-15(18(24)21-12-5-13-23)9-4-8-14-6-2-1-3-7-14/h1-4,6-11,23H,5,12-13H2,(H,21,24)(H,22,25)/b8-4+,15-9-. The molecule has 0 atom stereocenters. The van der Waals surface area contributed by atoms with Crippen LogP contribution >= 0.6 is 15.9 Å². The van der Waals surface area contributed by atoms with Gasteiger partial charge in [-0.25, -0.2) is 0 Å². The highest BCUT2D eigenvalue weighted by Crippen LogP contribution is 2.14. The molecule has 0 bridgehead atoms. The van der Waals surface area contributed by atoms with Gasteiger partial charge in [0.05, 0.1) is 0 Å². The van der Waals surface area contributed by atoms with E-state index in [4.69, 9.17) is 9.52 Å². The molecule has 136 valence electrons. The summed E-state index contributed by atoms with van der Waals surface area (Å²) in [6.45, 7) is 0.275. The number of aliphatic hydroxyl groups excluding tert-OH is 1. The topological polar surface area (TPSA) is 91.6 Å². The quantitative estimate of drug-likeness (QED) is 0.349. The van der Waals surface area contributed by atoms with Crippen molar-refractivity contribution >= 4 is 33.8 Å². The number of nitrogens with one attached hydrogen (secondary N) is 2. The fourth-order valence-corrected chi connectivity index (χ4v) is 2.30. The summed E-state index contributed by atoms with van der Waals surface area (Å²) >= 11 is 3.13. The van der Waals surface area contributed by atoms with Gasteiger partial charge in [0, 0.05) is 13.2 Å². The van der Waals surface area contributed by atoms with Crippen molar-refractivity contribution in [2.45, 2.75) is 6.42 Å². The van der Waals surface area contributed by atoms with E-state index in [1.165, 1.54) is 12.1 Å². The van der Waals surface area contributed by atoms with Crippen LogP contribution in [0.1, 0.15) is 22.5 Å². The van der Waals surface area contributed by atoms with Crippen LogP contribution in [0.4, 0.5) is 0 Å². The summed E-state index contributed by atoms with van der Waals surface area (Å²) in [6.07, 6.45) is 5.43. The van der Waals surface area contributed by atoms with Crippen LogP contribution < -0.4 is 10.6 Å². The fraction of sp³-hybridized carbons (Fsp3) is 0.158. The first-order valence-corrected chi connectivity index (χ1v) is 8.78. The average Bonchev–Trinajstić information content (AvgIpc) is 3.08. The predicted molar refractivity (Wildman–Crippen MR) is 102 cm³/mol. The number of amides is 2. The third-order valence-electron chi connectivity index (χ3n) is 3.26. The van der Waals surface area contributed by atoms with Gasteiger partial charge in [-0.1, -0.05) is 42.5 Å². The maximum absolute atomic E-state index is 12.3. The van der Waals surface area contributed by atoms with Crippen molar-refractivity contribution in [3.63, 3.8) is 0 Å². The second-order valence-corrected chi connectivity index (χ2v) is 6.02. The number of aliphatic hydroxyl groups is 1. The molecule has 6 nitrogen and oxygen atoms in total. The van der Waals surface area contributed by atoms with Crippen LogP contribution in [0.5, 0.6) is 0 Å². The van der Waals surface area contributed by atoms with E-state index >= 15 is 0 Å². The molecule has 1 heterocycles. The maximum Gasteiger partial charge on any atom is 0.291 e. The molecule has 0 fully saturated rings. The molecule has 7 heteroatoms. The molecule has 0 saturated carbocycles. The Morgan fingerprint density at radius 1 is 1.15 bits per heavy atom. The van der Waals surface area contributed by atoms with Crippen LogP contribution in [-0.4, -0.2) is 30.1 Å². The summed E-state index contributed by atoms with van der Waals surface area (Å²) < 4.78 is 5.61. The summed E-state index contributed by atoms with van der Waals surface area (Å²) in [4.78, 5) is 24.5.